The highest BCUT2D eigenvalue weighted by molar-refractivity contribution is 9.10. The van der Waals surface area contributed by atoms with E-state index in [-0.39, 0.29) is 11.9 Å². The molecule has 1 nitrogen and oxygen atoms in total. The molecular formula is C18H21BrFN. The largest absolute Gasteiger partial charge is 0.310 e. The van der Waals surface area contributed by atoms with E-state index in [1.165, 1.54) is 11.6 Å². The Labute approximate surface area is 134 Å². The number of hydrogen-bond donors (Lipinski definition) is 1. The topological polar surface area (TPSA) is 12.0 Å². The molecule has 1 N–H and O–H groups in total. The molecule has 0 aliphatic carbocycles. The highest BCUT2D eigenvalue weighted by Crippen LogP contribution is 2.29. The Bertz CT molecular complexity index is 536. The Kier molecular flexibility index (Phi) is 6.40. The van der Waals surface area contributed by atoms with Crippen molar-refractivity contribution in [2.75, 3.05) is 6.54 Å². The summed E-state index contributed by atoms with van der Waals surface area (Å²) in [5.74, 6) is -0.147. The zero-order valence-corrected chi connectivity index (χ0v) is 13.9. The SMILES string of the molecule is CCCNC(CCc1ccccc1)c1c(F)cccc1Br. The third-order valence-electron chi connectivity index (χ3n) is 3.55. The summed E-state index contributed by atoms with van der Waals surface area (Å²) in [5, 5.41) is 3.47. The fourth-order valence-corrected chi connectivity index (χ4v) is 3.08. The molecule has 0 amide bonds. The quantitative estimate of drug-likeness (QED) is 0.718. The minimum absolute atomic E-state index is 0.0285. The number of halogens is 2. The van der Waals surface area contributed by atoms with Crippen molar-refractivity contribution in [2.24, 2.45) is 0 Å². The summed E-state index contributed by atoms with van der Waals surface area (Å²) in [6.45, 7) is 3.01. The van der Waals surface area contributed by atoms with E-state index < -0.39 is 0 Å². The van der Waals surface area contributed by atoms with Gasteiger partial charge in [-0.15, -0.1) is 0 Å². The smallest absolute Gasteiger partial charge is 0.129 e. The predicted octanol–water partition coefficient (Wildman–Crippen LogP) is 5.26. The Balaban J connectivity index is 2.14. The molecule has 0 heterocycles. The van der Waals surface area contributed by atoms with Gasteiger partial charge in [-0.3, -0.25) is 0 Å². The van der Waals surface area contributed by atoms with E-state index >= 15 is 0 Å². The van der Waals surface area contributed by atoms with Crippen molar-refractivity contribution in [1.82, 2.24) is 5.32 Å². The normalized spacial score (nSPS) is 12.3. The fourth-order valence-electron chi connectivity index (χ4n) is 2.47. The van der Waals surface area contributed by atoms with E-state index in [1.807, 2.05) is 24.3 Å². The van der Waals surface area contributed by atoms with Crippen LogP contribution in [0.5, 0.6) is 0 Å². The van der Waals surface area contributed by atoms with Crippen LogP contribution < -0.4 is 5.32 Å². The van der Waals surface area contributed by atoms with Crippen LogP contribution in [0.2, 0.25) is 0 Å². The molecule has 0 fully saturated rings. The van der Waals surface area contributed by atoms with Crippen molar-refractivity contribution in [3.8, 4) is 0 Å². The molecule has 0 aliphatic rings. The first-order valence-electron chi connectivity index (χ1n) is 7.43. The Morgan fingerprint density at radius 1 is 1.10 bits per heavy atom. The van der Waals surface area contributed by atoms with Crippen LogP contribution in [0.3, 0.4) is 0 Å². The number of rotatable bonds is 7. The summed E-state index contributed by atoms with van der Waals surface area (Å²) in [7, 11) is 0. The molecule has 2 aromatic rings. The third-order valence-corrected chi connectivity index (χ3v) is 4.24. The summed E-state index contributed by atoms with van der Waals surface area (Å²) in [6.07, 6.45) is 2.85. The molecule has 112 valence electrons. The van der Waals surface area contributed by atoms with Gasteiger partial charge in [-0.25, -0.2) is 4.39 Å². The fraction of sp³-hybridized carbons (Fsp3) is 0.333. The first kappa shape index (κ1) is 16.2. The monoisotopic (exact) mass is 349 g/mol. The van der Waals surface area contributed by atoms with Gasteiger partial charge in [0.1, 0.15) is 5.82 Å². The maximum Gasteiger partial charge on any atom is 0.129 e. The van der Waals surface area contributed by atoms with Crippen LogP contribution in [0.25, 0.3) is 0 Å². The first-order valence-corrected chi connectivity index (χ1v) is 8.23. The van der Waals surface area contributed by atoms with Gasteiger partial charge in [0.15, 0.2) is 0 Å². The van der Waals surface area contributed by atoms with Crippen LogP contribution >= 0.6 is 15.9 Å². The lowest BCUT2D eigenvalue weighted by molar-refractivity contribution is 0.472. The molecule has 21 heavy (non-hydrogen) atoms. The van der Waals surface area contributed by atoms with E-state index in [0.717, 1.165) is 35.8 Å². The number of hydrogen-bond acceptors (Lipinski definition) is 1. The second-order valence-corrected chi connectivity index (χ2v) is 6.02. The average molecular weight is 350 g/mol. The average Bonchev–Trinajstić information content (AvgIpc) is 2.50. The van der Waals surface area contributed by atoms with Gasteiger partial charge in [0.25, 0.3) is 0 Å². The van der Waals surface area contributed by atoms with Gasteiger partial charge in [-0.2, -0.15) is 0 Å². The van der Waals surface area contributed by atoms with Crippen LogP contribution in [-0.4, -0.2) is 6.54 Å². The van der Waals surface area contributed by atoms with E-state index in [9.17, 15) is 4.39 Å². The van der Waals surface area contributed by atoms with E-state index in [4.69, 9.17) is 0 Å². The van der Waals surface area contributed by atoms with E-state index in [1.54, 1.807) is 6.07 Å². The number of aryl methyl sites for hydroxylation is 1. The van der Waals surface area contributed by atoms with Gasteiger partial charge < -0.3 is 5.32 Å². The Hall–Kier alpha value is -1.19. The van der Waals surface area contributed by atoms with Gasteiger partial charge >= 0.3 is 0 Å². The van der Waals surface area contributed by atoms with Gasteiger partial charge in [-0.1, -0.05) is 59.3 Å². The minimum Gasteiger partial charge on any atom is -0.310 e. The summed E-state index contributed by atoms with van der Waals surface area (Å²) in [5.41, 5.74) is 2.02. The summed E-state index contributed by atoms with van der Waals surface area (Å²) in [4.78, 5) is 0. The molecule has 0 aliphatic heterocycles. The van der Waals surface area contributed by atoms with Crippen LogP contribution in [0.4, 0.5) is 4.39 Å². The van der Waals surface area contributed by atoms with Crippen LogP contribution in [0.1, 0.15) is 36.9 Å². The Morgan fingerprint density at radius 3 is 2.52 bits per heavy atom. The van der Waals surface area contributed by atoms with E-state index in [2.05, 4.69) is 40.3 Å². The first-order chi connectivity index (χ1) is 10.2. The van der Waals surface area contributed by atoms with Crippen LogP contribution in [-0.2, 0) is 6.42 Å². The third kappa shape index (κ3) is 4.65. The molecule has 0 saturated heterocycles. The molecule has 0 radical (unpaired) electrons. The lowest BCUT2D eigenvalue weighted by Gasteiger charge is -2.21. The molecular weight excluding hydrogens is 329 g/mol. The molecule has 2 rings (SSSR count). The second kappa shape index (κ2) is 8.30. The highest BCUT2D eigenvalue weighted by atomic mass is 79.9. The van der Waals surface area contributed by atoms with Crippen molar-refractivity contribution < 1.29 is 4.39 Å². The lowest BCUT2D eigenvalue weighted by Crippen LogP contribution is -2.24. The summed E-state index contributed by atoms with van der Waals surface area (Å²) in [6, 6.07) is 15.5. The van der Waals surface area contributed by atoms with Crippen molar-refractivity contribution >= 4 is 15.9 Å². The van der Waals surface area contributed by atoms with Crippen LogP contribution in [0, 0.1) is 5.82 Å². The molecule has 0 saturated carbocycles. The molecule has 0 spiro atoms. The zero-order valence-electron chi connectivity index (χ0n) is 12.3. The van der Waals surface area contributed by atoms with Gasteiger partial charge in [0.2, 0.25) is 0 Å². The Morgan fingerprint density at radius 2 is 1.86 bits per heavy atom. The van der Waals surface area contributed by atoms with Gasteiger partial charge in [0.05, 0.1) is 0 Å². The summed E-state index contributed by atoms with van der Waals surface area (Å²) < 4.78 is 15.0. The molecule has 0 aromatic heterocycles. The van der Waals surface area contributed by atoms with Crippen molar-refractivity contribution in [3.63, 3.8) is 0 Å². The predicted molar refractivity (Wildman–Crippen MR) is 89.9 cm³/mol. The molecule has 3 heteroatoms. The maximum absolute atomic E-state index is 14.2. The molecule has 0 bridgehead atoms. The molecule has 1 unspecified atom stereocenters. The minimum atomic E-state index is -0.147. The highest BCUT2D eigenvalue weighted by Gasteiger charge is 2.18. The van der Waals surface area contributed by atoms with E-state index in [0.29, 0.717) is 0 Å². The lowest BCUT2D eigenvalue weighted by atomic mass is 9.98. The van der Waals surface area contributed by atoms with Crippen molar-refractivity contribution in [3.05, 3.63) is 69.9 Å². The molecule has 2 aromatic carbocycles. The number of benzene rings is 2. The standard InChI is InChI=1S/C18H21BrFN/c1-2-13-21-17(12-11-14-7-4-3-5-8-14)18-15(19)9-6-10-16(18)20/h3-10,17,21H,2,11-13H2,1H3. The second-order valence-electron chi connectivity index (χ2n) is 5.17. The van der Waals surface area contributed by atoms with Crippen molar-refractivity contribution in [2.45, 2.75) is 32.2 Å². The summed E-state index contributed by atoms with van der Waals surface area (Å²) >= 11 is 3.49. The van der Waals surface area contributed by atoms with Gasteiger partial charge in [-0.05, 0) is 43.5 Å². The van der Waals surface area contributed by atoms with Crippen molar-refractivity contribution in [1.29, 1.82) is 0 Å². The van der Waals surface area contributed by atoms with Gasteiger partial charge in [0, 0.05) is 16.1 Å². The number of nitrogens with one attached hydrogen (secondary N) is 1. The van der Waals surface area contributed by atoms with Crippen LogP contribution in [0.15, 0.2) is 53.0 Å². The molecule has 1 atom stereocenters. The maximum atomic E-state index is 14.2. The zero-order chi connectivity index (χ0) is 15.1.